The zero-order valence-electron chi connectivity index (χ0n) is 16.8. The van der Waals surface area contributed by atoms with Crippen molar-refractivity contribution in [2.24, 2.45) is 0 Å². The first-order chi connectivity index (χ1) is 13.9. The van der Waals surface area contributed by atoms with Crippen LogP contribution >= 0.6 is 0 Å². The fraction of sp³-hybridized carbons (Fsp3) is 0.167. The van der Waals surface area contributed by atoms with Gasteiger partial charge in [-0.15, -0.1) is 0 Å². The lowest BCUT2D eigenvalue weighted by molar-refractivity contribution is -0.118. The molecule has 0 saturated carbocycles. The van der Waals surface area contributed by atoms with Crippen LogP contribution in [-0.4, -0.2) is 18.4 Å². The van der Waals surface area contributed by atoms with E-state index >= 15 is 0 Å². The van der Waals surface area contributed by atoms with E-state index in [1.165, 1.54) is 0 Å². The number of carbonyl (C=O) groups is 2. The Morgan fingerprint density at radius 2 is 1.55 bits per heavy atom. The van der Waals surface area contributed by atoms with Gasteiger partial charge in [-0.05, 0) is 73.9 Å². The molecule has 0 spiro atoms. The van der Waals surface area contributed by atoms with Crippen LogP contribution < -0.4 is 15.4 Å². The lowest BCUT2D eigenvalue weighted by Crippen LogP contribution is -2.22. The first-order valence-electron chi connectivity index (χ1n) is 9.39. The Labute approximate surface area is 170 Å². The van der Waals surface area contributed by atoms with Crippen LogP contribution in [0.15, 0.2) is 66.7 Å². The van der Waals surface area contributed by atoms with Crippen molar-refractivity contribution in [3.63, 3.8) is 0 Å². The summed E-state index contributed by atoms with van der Waals surface area (Å²) in [6, 6.07) is 20.2. The predicted molar refractivity (Wildman–Crippen MR) is 116 cm³/mol. The van der Waals surface area contributed by atoms with Crippen molar-refractivity contribution in [1.29, 1.82) is 0 Å². The maximum absolute atomic E-state index is 12.7. The lowest BCUT2D eigenvalue weighted by Gasteiger charge is -2.14. The molecule has 0 aliphatic heterocycles. The lowest BCUT2D eigenvalue weighted by atomic mass is 10.1. The summed E-state index contributed by atoms with van der Waals surface area (Å²) in [4.78, 5) is 25.0. The molecule has 0 aliphatic rings. The van der Waals surface area contributed by atoms with E-state index in [9.17, 15) is 9.59 Å². The van der Waals surface area contributed by atoms with E-state index in [4.69, 9.17) is 4.74 Å². The van der Waals surface area contributed by atoms with Crippen LogP contribution in [0, 0.1) is 20.8 Å². The normalized spacial score (nSPS) is 10.3. The van der Waals surface area contributed by atoms with E-state index in [-0.39, 0.29) is 18.4 Å². The summed E-state index contributed by atoms with van der Waals surface area (Å²) in [5.74, 6) is 0.0870. The highest BCUT2D eigenvalue weighted by molar-refractivity contribution is 6.07. The topological polar surface area (TPSA) is 67.4 Å². The van der Waals surface area contributed by atoms with Crippen LogP contribution in [0.2, 0.25) is 0 Å². The minimum atomic E-state index is -0.306. The van der Waals surface area contributed by atoms with Gasteiger partial charge < -0.3 is 15.4 Å². The molecule has 0 unspecified atom stereocenters. The second kappa shape index (κ2) is 9.06. The molecule has 0 aromatic heterocycles. The van der Waals surface area contributed by atoms with E-state index < -0.39 is 0 Å². The SMILES string of the molecule is Cc1ccc(NC(=O)COc2ccccc2)c(NC(=O)c2ccc(C)c(C)c2)c1. The molecule has 0 bridgehead atoms. The molecule has 5 nitrogen and oxygen atoms in total. The van der Waals surface area contributed by atoms with Gasteiger partial charge in [-0.25, -0.2) is 0 Å². The molecular formula is C24H24N2O3. The quantitative estimate of drug-likeness (QED) is 0.632. The Morgan fingerprint density at radius 3 is 2.28 bits per heavy atom. The van der Waals surface area contributed by atoms with Crippen LogP contribution in [-0.2, 0) is 4.79 Å². The van der Waals surface area contributed by atoms with Crippen molar-refractivity contribution in [1.82, 2.24) is 0 Å². The Hall–Kier alpha value is -3.60. The Bertz CT molecular complexity index is 1030. The number of aryl methyl sites for hydroxylation is 3. The van der Waals surface area contributed by atoms with Crippen LogP contribution in [0.1, 0.15) is 27.0 Å². The van der Waals surface area contributed by atoms with Crippen molar-refractivity contribution >= 4 is 23.2 Å². The second-order valence-electron chi connectivity index (χ2n) is 6.95. The van der Waals surface area contributed by atoms with Gasteiger partial charge in [-0.3, -0.25) is 9.59 Å². The highest BCUT2D eigenvalue weighted by atomic mass is 16.5. The summed E-state index contributed by atoms with van der Waals surface area (Å²) in [6.07, 6.45) is 0. The van der Waals surface area contributed by atoms with Crippen molar-refractivity contribution in [2.75, 3.05) is 17.2 Å². The Balaban J connectivity index is 1.70. The van der Waals surface area contributed by atoms with Crippen LogP contribution in [0.5, 0.6) is 5.75 Å². The fourth-order valence-electron chi connectivity index (χ4n) is 2.80. The van der Waals surface area contributed by atoms with E-state index in [0.29, 0.717) is 22.7 Å². The molecule has 0 heterocycles. The summed E-state index contributed by atoms with van der Waals surface area (Å²) < 4.78 is 5.48. The standard InChI is InChI=1S/C24H24N2O3/c1-16-9-12-21(25-23(27)15-29-20-7-5-4-6-8-20)22(13-16)26-24(28)19-11-10-17(2)18(3)14-19/h4-14H,15H2,1-3H3,(H,25,27)(H,26,28). The highest BCUT2D eigenvalue weighted by Crippen LogP contribution is 2.24. The molecule has 0 aliphatic carbocycles. The number of para-hydroxylation sites is 1. The van der Waals surface area contributed by atoms with Gasteiger partial charge >= 0.3 is 0 Å². The number of ether oxygens (including phenoxy) is 1. The highest BCUT2D eigenvalue weighted by Gasteiger charge is 2.13. The molecule has 148 valence electrons. The average Bonchev–Trinajstić information content (AvgIpc) is 2.71. The summed E-state index contributed by atoms with van der Waals surface area (Å²) in [6.45, 7) is 5.78. The Morgan fingerprint density at radius 1 is 0.793 bits per heavy atom. The number of benzene rings is 3. The third-order valence-corrected chi connectivity index (χ3v) is 4.58. The van der Waals surface area contributed by atoms with Gasteiger partial charge in [0, 0.05) is 5.56 Å². The maximum atomic E-state index is 12.7. The average molecular weight is 388 g/mol. The number of anilines is 2. The second-order valence-corrected chi connectivity index (χ2v) is 6.95. The Kier molecular flexibility index (Phi) is 6.29. The van der Waals surface area contributed by atoms with Crippen molar-refractivity contribution < 1.29 is 14.3 Å². The first-order valence-corrected chi connectivity index (χ1v) is 9.39. The van der Waals surface area contributed by atoms with E-state index in [2.05, 4.69) is 10.6 Å². The number of carbonyl (C=O) groups excluding carboxylic acids is 2. The number of amides is 2. The molecule has 2 N–H and O–H groups in total. The van der Waals surface area contributed by atoms with Gasteiger partial charge in [0.15, 0.2) is 6.61 Å². The minimum Gasteiger partial charge on any atom is -0.484 e. The summed E-state index contributed by atoms with van der Waals surface area (Å²) in [7, 11) is 0. The molecule has 5 heteroatoms. The van der Waals surface area contributed by atoms with E-state index in [1.54, 1.807) is 24.3 Å². The smallest absolute Gasteiger partial charge is 0.262 e. The van der Waals surface area contributed by atoms with E-state index in [1.807, 2.05) is 63.2 Å². The maximum Gasteiger partial charge on any atom is 0.262 e. The molecular weight excluding hydrogens is 364 g/mol. The van der Waals surface area contributed by atoms with Gasteiger partial charge in [0.2, 0.25) is 0 Å². The summed E-state index contributed by atoms with van der Waals surface area (Å²) in [5, 5.41) is 5.71. The van der Waals surface area contributed by atoms with E-state index in [0.717, 1.165) is 16.7 Å². The molecule has 3 rings (SSSR count). The molecule has 2 amide bonds. The van der Waals surface area contributed by atoms with Gasteiger partial charge in [0.05, 0.1) is 11.4 Å². The molecule has 29 heavy (non-hydrogen) atoms. The monoisotopic (exact) mass is 388 g/mol. The van der Waals surface area contributed by atoms with Crippen molar-refractivity contribution in [3.05, 3.63) is 89.0 Å². The molecule has 0 radical (unpaired) electrons. The zero-order chi connectivity index (χ0) is 20.8. The zero-order valence-corrected chi connectivity index (χ0v) is 16.8. The van der Waals surface area contributed by atoms with Crippen LogP contribution in [0.25, 0.3) is 0 Å². The first kappa shape index (κ1) is 20.1. The van der Waals surface area contributed by atoms with Crippen molar-refractivity contribution in [3.8, 4) is 5.75 Å². The van der Waals surface area contributed by atoms with Gasteiger partial charge in [-0.2, -0.15) is 0 Å². The third-order valence-electron chi connectivity index (χ3n) is 4.58. The number of hydrogen-bond acceptors (Lipinski definition) is 3. The van der Waals surface area contributed by atoms with Crippen LogP contribution in [0.3, 0.4) is 0 Å². The van der Waals surface area contributed by atoms with Crippen LogP contribution in [0.4, 0.5) is 11.4 Å². The number of rotatable bonds is 6. The summed E-state index contributed by atoms with van der Waals surface area (Å²) in [5.41, 5.74) is 4.78. The summed E-state index contributed by atoms with van der Waals surface area (Å²) >= 11 is 0. The molecule has 0 saturated heterocycles. The number of nitrogens with one attached hydrogen (secondary N) is 2. The minimum absolute atomic E-state index is 0.123. The predicted octanol–water partition coefficient (Wildman–Crippen LogP) is 4.88. The molecule has 3 aromatic carbocycles. The largest absolute Gasteiger partial charge is 0.484 e. The molecule has 0 atom stereocenters. The number of hydrogen-bond donors (Lipinski definition) is 2. The molecule has 3 aromatic rings. The fourth-order valence-corrected chi connectivity index (χ4v) is 2.80. The molecule has 0 fully saturated rings. The van der Waals surface area contributed by atoms with Gasteiger partial charge in [-0.1, -0.05) is 30.3 Å². The van der Waals surface area contributed by atoms with Gasteiger partial charge in [0.1, 0.15) is 5.75 Å². The van der Waals surface area contributed by atoms with Gasteiger partial charge in [0.25, 0.3) is 11.8 Å². The third kappa shape index (κ3) is 5.45. The van der Waals surface area contributed by atoms with Crippen molar-refractivity contribution in [2.45, 2.75) is 20.8 Å².